The van der Waals surface area contributed by atoms with Crippen LogP contribution in [-0.4, -0.2) is 54.2 Å². The summed E-state index contributed by atoms with van der Waals surface area (Å²) in [6.07, 6.45) is 5.08. The number of amidine groups is 2. The second-order valence-electron chi connectivity index (χ2n) is 9.02. The van der Waals surface area contributed by atoms with E-state index in [1.54, 1.807) is 11.0 Å². The molecule has 0 fully saturated rings. The number of nitrogens with one attached hydrogen (secondary N) is 3. The van der Waals surface area contributed by atoms with Crippen LogP contribution in [0.4, 0.5) is 0 Å². The fourth-order valence-electron chi connectivity index (χ4n) is 4.01. The number of allylic oxidation sites excluding steroid dienone is 2. The van der Waals surface area contributed by atoms with Crippen molar-refractivity contribution in [1.82, 2.24) is 21.0 Å². The highest BCUT2D eigenvalue weighted by Gasteiger charge is 2.31. The molecule has 1 atom stereocenters. The van der Waals surface area contributed by atoms with E-state index in [9.17, 15) is 9.59 Å². The van der Waals surface area contributed by atoms with E-state index in [4.69, 9.17) is 21.4 Å². The molecule has 2 aliphatic heterocycles. The second kappa shape index (κ2) is 13.4. The van der Waals surface area contributed by atoms with Crippen molar-refractivity contribution in [3.8, 4) is 0 Å². The van der Waals surface area contributed by atoms with E-state index < -0.39 is 0 Å². The van der Waals surface area contributed by atoms with E-state index in [2.05, 4.69) is 28.0 Å². The molecule has 0 aromatic heterocycles. The minimum atomic E-state index is -0.277. The number of likely N-dealkylation sites (N-methyl/N-ethyl adjacent to an activating group) is 1. The molecule has 204 valence electrons. The molecule has 0 bridgehead atoms. The molecule has 0 saturated carbocycles. The van der Waals surface area contributed by atoms with Gasteiger partial charge in [-0.3, -0.25) is 14.5 Å². The Balaban J connectivity index is 1.93. The van der Waals surface area contributed by atoms with Crippen LogP contribution in [0, 0.1) is 0 Å². The van der Waals surface area contributed by atoms with Gasteiger partial charge in [-0.15, -0.1) is 0 Å². The average Bonchev–Trinajstić information content (AvgIpc) is 3.33. The zero-order valence-corrected chi connectivity index (χ0v) is 23.7. The van der Waals surface area contributed by atoms with Crippen molar-refractivity contribution >= 4 is 40.7 Å². The van der Waals surface area contributed by atoms with Crippen molar-refractivity contribution in [3.63, 3.8) is 0 Å². The molecule has 0 saturated heterocycles. The normalized spacial score (nSPS) is 20.2. The van der Waals surface area contributed by atoms with Gasteiger partial charge in [-0.1, -0.05) is 36.7 Å². The molecule has 0 radical (unpaired) electrons. The molecule has 2 aliphatic rings. The summed E-state index contributed by atoms with van der Waals surface area (Å²) >= 11 is 6.68. The Morgan fingerprint density at radius 1 is 1.26 bits per heavy atom. The number of halogens is 1. The number of amides is 2. The Morgan fingerprint density at radius 2 is 2.00 bits per heavy atom. The predicted octanol–water partition coefficient (Wildman–Crippen LogP) is 4.32. The van der Waals surface area contributed by atoms with Gasteiger partial charge in [-0.25, -0.2) is 20.3 Å². The van der Waals surface area contributed by atoms with Crippen molar-refractivity contribution < 1.29 is 14.4 Å². The van der Waals surface area contributed by atoms with Gasteiger partial charge in [0.2, 0.25) is 5.91 Å². The maximum atomic E-state index is 13.7. The van der Waals surface area contributed by atoms with Crippen molar-refractivity contribution in [3.05, 3.63) is 63.5 Å². The van der Waals surface area contributed by atoms with E-state index in [-0.39, 0.29) is 18.0 Å². The Bertz CT molecular complexity index is 1230. The van der Waals surface area contributed by atoms with E-state index >= 15 is 0 Å². The van der Waals surface area contributed by atoms with E-state index in [1.807, 2.05) is 52.0 Å². The van der Waals surface area contributed by atoms with Crippen LogP contribution < -0.4 is 16.1 Å². The highest BCUT2D eigenvalue weighted by atomic mass is 35.5. The zero-order valence-electron chi connectivity index (χ0n) is 22.9. The highest BCUT2D eigenvalue weighted by molar-refractivity contribution is 6.37. The summed E-state index contributed by atoms with van der Waals surface area (Å²) in [7, 11) is 0. The van der Waals surface area contributed by atoms with Crippen molar-refractivity contribution in [2.45, 2.75) is 60.6 Å². The van der Waals surface area contributed by atoms with Gasteiger partial charge in [0, 0.05) is 53.9 Å². The number of hydrogen-bond acceptors (Lipinski definition) is 7. The first-order valence-corrected chi connectivity index (χ1v) is 13.3. The van der Waals surface area contributed by atoms with Crippen LogP contribution in [-0.2, 0) is 14.4 Å². The summed E-state index contributed by atoms with van der Waals surface area (Å²) in [5, 5.41) is 6.64. The summed E-state index contributed by atoms with van der Waals surface area (Å²) in [4.78, 5) is 41.1. The fourth-order valence-corrected chi connectivity index (χ4v) is 4.29. The van der Waals surface area contributed by atoms with Crippen LogP contribution in [0.15, 0.2) is 57.3 Å². The molecule has 3 N–H and O–H groups in total. The summed E-state index contributed by atoms with van der Waals surface area (Å²) < 4.78 is 0. The average molecular weight is 541 g/mol. The molecule has 1 aromatic carbocycles. The SMILES string of the molecule is C/C=C1/C=C(c2ccc(C3=NC(C)ON3)cc2Cl)C(=O)N(CC)/C1=N/C(NCCCNC(C)=O)=C(\C)CC. The highest BCUT2D eigenvalue weighted by Crippen LogP contribution is 2.32. The maximum absolute atomic E-state index is 13.7. The van der Waals surface area contributed by atoms with E-state index in [0.29, 0.717) is 47.5 Å². The van der Waals surface area contributed by atoms with Gasteiger partial charge in [0.15, 0.2) is 12.1 Å². The van der Waals surface area contributed by atoms with Gasteiger partial charge in [0.1, 0.15) is 11.7 Å². The Kier molecular flexibility index (Phi) is 10.3. The number of rotatable bonds is 10. The lowest BCUT2D eigenvalue weighted by atomic mass is 9.95. The fraction of sp³-hybridized carbons (Fsp3) is 0.429. The monoisotopic (exact) mass is 540 g/mol. The zero-order chi connectivity index (χ0) is 27.8. The molecular weight excluding hydrogens is 504 g/mol. The van der Waals surface area contributed by atoms with Crippen LogP contribution in [0.5, 0.6) is 0 Å². The minimum absolute atomic E-state index is 0.0484. The molecule has 38 heavy (non-hydrogen) atoms. The largest absolute Gasteiger partial charge is 0.370 e. The van der Waals surface area contributed by atoms with Gasteiger partial charge < -0.3 is 10.6 Å². The van der Waals surface area contributed by atoms with Gasteiger partial charge >= 0.3 is 0 Å². The molecule has 1 unspecified atom stereocenters. The first-order valence-electron chi connectivity index (χ1n) is 13.0. The number of benzene rings is 1. The van der Waals surface area contributed by atoms with Crippen molar-refractivity contribution in [2.75, 3.05) is 19.6 Å². The van der Waals surface area contributed by atoms with Crippen molar-refractivity contribution in [2.24, 2.45) is 9.98 Å². The van der Waals surface area contributed by atoms with Crippen molar-refractivity contribution in [1.29, 1.82) is 0 Å². The second-order valence-corrected chi connectivity index (χ2v) is 9.43. The molecule has 0 aliphatic carbocycles. The quantitative estimate of drug-likeness (QED) is 0.383. The van der Waals surface area contributed by atoms with Crippen LogP contribution in [0.2, 0.25) is 5.02 Å². The summed E-state index contributed by atoms with van der Waals surface area (Å²) in [6, 6.07) is 5.49. The smallest absolute Gasteiger partial charge is 0.260 e. The Hall–Kier alpha value is -3.43. The van der Waals surface area contributed by atoms with Gasteiger partial charge in [0.25, 0.3) is 5.91 Å². The van der Waals surface area contributed by atoms with Gasteiger partial charge in [-0.05, 0) is 58.3 Å². The third kappa shape index (κ3) is 6.90. The van der Waals surface area contributed by atoms with Crippen LogP contribution >= 0.6 is 11.6 Å². The predicted molar refractivity (Wildman–Crippen MR) is 153 cm³/mol. The number of hydroxylamine groups is 1. The van der Waals surface area contributed by atoms with Crippen LogP contribution in [0.25, 0.3) is 5.57 Å². The van der Waals surface area contributed by atoms with Gasteiger partial charge in [-0.2, -0.15) is 0 Å². The van der Waals surface area contributed by atoms with Crippen LogP contribution in [0.3, 0.4) is 0 Å². The third-order valence-corrected chi connectivity index (χ3v) is 6.57. The molecule has 9 nitrogen and oxygen atoms in total. The minimum Gasteiger partial charge on any atom is -0.370 e. The Morgan fingerprint density at radius 3 is 2.58 bits per heavy atom. The van der Waals surface area contributed by atoms with E-state index in [1.165, 1.54) is 6.92 Å². The maximum Gasteiger partial charge on any atom is 0.260 e. The molecule has 10 heteroatoms. The molecular formula is C28H37ClN6O3. The summed E-state index contributed by atoms with van der Waals surface area (Å²) in [5.74, 6) is 1.70. The number of carbonyl (C=O) groups excluding carboxylic acids is 2. The first-order chi connectivity index (χ1) is 18.2. The van der Waals surface area contributed by atoms with Crippen LogP contribution in [0.1, 0.15) is 65.5 Å². The number of nitrogens with zero attached hydrogens (tertiary/aromatic N) is 3. The molecule has 3 rings (SSSR count). The first kappa shape index (κ1) is 29.1. The number of hydrogen-bond donors (Lipinski definition) is 3. The van der Waals surface area contributed by atoms with Gasteiger partial charge in [0.05, 0.1) is 0 Å². The lowest BCUT2D eigenvalue weighted by Crippen LogP contribution is -2.41. The molecule has 1 aromatic rings. The standard InChI is InChI=1S/C28H37ClN6O3/c1-7-17(4)25(31-14-10-13-30-18(5)36)33-27-20(8-2)15-23(28(37)35(27)9-3)22-12-11-21(16-24(22)29)26-32-19(6)38-34-26/h8,11-12,15-16,19,31H,7,9-10,13-14H2,1-6H3,(H,30,36)(H,32,34)/b20-8-,25-17+,33-27+. The van der Waals surface area contributed by atoms with E-state index in [0.717, 1.165) is 35.4 Å². The molecule has 2 heterocycles. The Labute approximate surface area is 229 Å². The summed E-state index contributed by atoms with van der Waals surface area (Å²) in [6.45, 7) is 12.9. The third-order valence-electron chi connectivity index (χ3n) is 6.26. The lowest BCUT2D eigenvalue weighted by molar-refractivity contribution is -0.121. The lowest BCUT2D eigenvalue weighted by Gasteiger charge is -2.30. The summed E-state index contributed by atoms with van der Waals surface area (Å²) in [5.41, 5.74) is 6.63. The number of aliphatic imine (C=N–C) groups is 2. The topological polar surface area (TPSA) is 107 Å². The molecule has 2 amide bonds. The molecule has 0 spiro atoms. The number of carbonyl (C=O) groups is 2.